The molecule has 0 unspecified atom stereocenters. The summed E-state index contributed by atoms with van der Waals surface area (Å²) in [4.78, 5) is 16.2. The van der Waals surface area contributed by atoms with E-state index in [1.165, 1.54) is 0 Å². The van der Waals surface area contributed by atoms with Gasteiger partial charge in [-0.15, -0.1) is 5.10 Å². The van der Waals surface area contributed by atoms with E-state index >= 15 is 0 Å². The third-order valence-electron chi connectivity index (χ3n) is 4.59. The topological polar surface area (TPSA) is 58.6 Å². The summed E-state index contributed by atoms with van der Waals surface area (Å²) in [5.74, 6) is 0.875. The van der Waals surface area contributed by atoms with Gasteiger partial charge in [0.15, 0.2) is 5.82 Å². The third-order valence-corrected chi connectivity index (χ3v) is 4.59. The van der Waals surface area contributed by atoms with Gasteiger partial charge in [0.25, 0.3) is 0 Å². The first-order valence-electron chi connectivity index (χ1n) is 8.72. The Hall–Kier alpha value is -3.15. The Morgan fingerprint density at radius 3 is 2.50 bits per heavy atom. The molecule has 3 aromatic rings. The van der Waals surface area contributed by atoms with Gasteiger partial charge < -0.3 is 14.5 Å². The molecule has 0 atom stereocenters. The number of amides is 1. The Morgan fingerprint density at radius 1 is 0.962 bits per heavy atom. The highest BCUT2D eigenvalue weighted by molar-refractivity contribution is 5.91. The lowest BCUT2D eigenvalue weighted by Gasteiger charge is -2.34. The molecule has 1 fully saturated rings. The Morgan fingerprint density at radius 2 is 1.69 bits per heavy atom. The van der Waals surface area contributed by atoms with Crippen molar-refractivity contribution in [2.75, 3.05) is 31.1 Å². The largest absolute Gasteiger partial charge is 0.445 e. The molecule has 1 saturated heterocycles. The number of anilines is 1. The average Bonchev–Trinajstić information content (AvgIpc) is 2.72. The van der Waals surface area contributed by atoms with E-state index in [4.69, 9.17) is 4.74 Å². The molecule has 4 rings (SSSR count). The monoisotopic (exact) mass is 348 g/mol. The van der Waals surface area contributed by atoms with Crippen molar-refractivity contribution in [3.8, 4) is 0 Å². The molecular weight excluding hydrogens is 328 g/mol. The summed E-state index contributed by atoms with van der Waals surface area (Å²) in [5.41, 5.74) is 0.991. The van der Waals surface area contributed by atoms with Crippen molar-refractivity contribution < 1.29 is 9.53 Å². The molecular formula is C20H20N4O2. The maximum Gasteiger partial charge on any atom is 0.410 e. The second-order valence-corrected chi connectivity index (χ2v) is 6.27. The number of fused-ring (bicyclic) bond motifs is 1. The number of hydrogen-bond acceptors (Lipinski definition) is 5. The Bertz CT molecular complexity index is 887. The summed E-state index contributed by atoms with van der Waals surface area (Å²) < 4.78 is 5.42. The van der Waals surface area contributed by atoms with E-state index in [0.29, 0.717) is 32.8 Å². The minimum Gasteiger partial charge on any atom is -0.445 e. The van der Waals surface area contributed by atoms with E-state index in [1.54, 1.807) is 11.1 Å². The van der Waals surface area contributed by atoms with Gasteiger partial charge in [-0.2, -0.15) is 5.10 Å². The first-order valence-corrected chi connectivity index (χ1v) is 8.72. The number of carbonyl (C=O) groups is 1. The molecule has 6 heteroatoms. The van der Waals surface area contributed by atoms with Crippen LogP contribution in [0.1, 0.15) is 5.56 Å². The van der Waals surface area contributed by atoms with Crippen LogP contribution in [0.2, 0.25) is 0 Å². The van der Waals surface area contributed by atoms with E-state index in [1.807, 2.05) is 48.5 Å². The summed E-state index contributed by atoms with van der Waals surface area (Å²) in [6, 6.07) is 17.8. The molecule has 0 radical (unpaired) electrons. The highest BCUT2D eigenvalue weighted by atomic mass is 16.6. The van der Waals surface area contributed by atoms with Gasteiger partial charge in [0.05, 0.1) is 6.20 Å². The maximum absolute atomic E-state index is 12.3. The number of aromatic nitrogens is 2. The van der Waals surface area contributed by atoms with E-state index in [-0.39, 0.29) is 6.09 Å². The van der Waals surface area contributed by atoms with Crippen LogP contribution in [0.25, 0.3) is 10.8 Å². The number of benzene rings is 2. The molecule has 6 nitrogen and oxygen atoms in total. The Balaban J connectivity index is 1.37. The first kappa shape index (κ1) is 16.3. The molecule has 132 valence electrons. The van der Waals surface area contributed by atoms with E-state index in [9.17, 15) is 4.79 Å². The molecule has 2 aromatic carbocycles. The van der Waals surface area contributed by atoms with Crippen LogP contribution in [0.5, 0.6) is 0 Å². The molecule has 0 bridgehead atoms. The van der Waals surface area contributed by atoms with Crippen LogP contribution in [-0.2, 0) is 11.3 Å². The molecule has 0 aliphatic carbocycles. The lowest BCUT2D eigenvalue weighted by molar-refractivity contribution is 0.0941. The van der Waals surface area contributed by atoms with Crippen LogP contribution in [0.4, 0.5) is 10.6 Å². The third kappa shape index (κ3) is 3.44. The molecule has 1 aromatic heterocycles. The molecule has 1 amide bonds. The highest BCUT2D eigenvalue weighted by Crippen LogP contribution is 2.24. The summed E-state index contributed by atoms with van der Waals surface area (Å²) in [6.45, 7) is 2.94. The molecule has 26 heavy (non-hydrogen) atoms. The Kier molecular flexibility index (Phi) is 4.64. The van der Waals surface area contributed by atoms with Crippen molar-refractivity contribution in [3.05, 3.63) is 66.4 Å². The zero-order chi connectivity index (χ0) is 17.8. The van der Waals surface area contributed by atoms with Gasteiger partial charge in [0.2, 0.25) is 0 Å². The molecule has 1 aliphatic rings. The van der Waals surface area contributed by atoms with Crippen LogP contribution in [0.3, 0.4) is 0 Å². The van der Waals surface area contributed by atoms with E-state index < -0.39 is 0 Å². The van der Waals surface area contributed by atoms with Crippen LogP contribution in [0.15, 0.2) is 60.8 Å². The van der Waals surface area contributed by atoms with Gasteiger partial charge in [-0.25, -0.2) is 4.79 Å². The van der Waals surface area contributed by atoms with Crippen molar-refractivity contribution >= 4 is 22.7 Å². The number of piperazine rings is 1. The highest BCUT2D eigenvalue weighted by Gasteiger charge is 2.24. The van der Waals surface area contributed by atoms with Crippen molar-refractivity contribution in [1.82, 2.24) is 15.1 Å². The van der Waals surface area contributed by atoms with Gasteiger partial charge in [-0.05, 0) is 5.56 Å². The van der Waals surface area contributed by atoms with Crippen molar-refractivity contribution in [3.63, 3.8) is 0 Å². The quantitative estimate of drug-likeness (QED) is 0.728. The fourth-order valence-electron chi connectivity index (χ4n) is 3.16. The van der Waals surface area contributed by atoms with Crippen LogP contribution < -0.4 is 4.90 Å². The molecule has 1 aliphatic heterocycles. The number of carbonyl (C=O) groups excluding carboxylic acids is 1. The van der Waals surface area contributed by atoms with Gasteiger partial charge in [0, 0.05) is 37.0 Å². The smallest absolute Gasteiger partial charge is 0.410 e. The van der Waals surface area contributed by atoms with Gasteiger partial charge in [-0.1, -0.05) is 54.6 Å². The lowest BCUT2D eigenvalue weighted by atomic mass is 10.2. The second-order valence-electron chi connectivity index (χ2n) is 6.27. The van der Waals surface area contributed by atoms with Gasteiger partial charge >= 0.3 is 6.09 Å². The summed E-state index contributed by atoms with van der Waals surface area (Å²) in [5, 5.41) is 10.6. The van der Waals surface area contributed by atoms with Crippen molar-refractivity contribution in [2.24, 2.45) is 0 Å². The molecule has 0 spiro atoms. The van der Waals surface area contributed by atoms with Crippen LogP contribution in [-0.4, -0.2) is 47.4 Å². The first-order chi connectivity index (χ1) is 12.8. The minimum atomic E-state index is -0.266. The summed E-state index contributed by atoms with van der Waals surface area (Å²) in [6.07, 6.45) is 1.51. The molecule has 0 N–H and O–H groups in total. The van der Waals surface area contributed by atoms with Crippen LogP contribution >= 0.6 is 0 Å². The van der Waals surface area contributed by atoms with Gasteiger partial charge in [-0.3, -0.25) is 0 Å². The molecule has 2 heterocycles. The predicted molar refractivity (Wildman–Crippen MR) is 100.0 cm³/mol. The minimum absolute atomic E-state index is 0.266. The lowest BCUT2D eigenvalue weighted by Crippen LogP contribution is -2.49. The SMILES string of the molecule is O=C(OCc1ccccc1)N1CCN(c2nncc3ccccc23)CC1. The maximum atomic E-state index is 12.3. The number of ether oxygens (including phenoxy) is 1. The average molecular weight is 348 g/mol. The van der Waals surface area contributed by atoms with Crippen molar-refractivity contribution in [1.29, 1.82) is 0 Å². The number of rotatable bonds is 3. The fraction of sp³-hybridized carbons (Fsp3) is 0.250. The number of nitrogens with zero attached hydrogens (tertiary/aromatic N) is 4. The second kappa shape index (κ2) is 7.39. The van der Waals surface area contributed by atoms with Gasteiger partial charge in [0.1, 0.15) is 6.61 Å². The normalized spacial score (nSPS) is 14.5. The summed E-state index contributed by atoms with van der Waals surface area (Å²) >= 11 is 0. The van der Waals surface area contributed by atoms with Crippen LogP contribution in [0, 0.1) is 0 Å². The zero-order valence-electron chi connectivity index (χ0n) is 14.4. The molecule has 0 saturated carbocycles. The van der Waals surface area contributed by atoms with E-state index in [0.717, 1.165) is 22.2 Å². The zero-order valence-corrected chi connectivity index (χ0v) is 14.4. The summed E-state index contributed by atoms with van der Waals surface area (Å²) in [7, 11) is 0. The van der Waals surface area contributed by atoms with E-state index in [2.05, 4.69) is 21.2 Å². The Labute approximate surface area is 152 Å². The van der Waals surface area contributed by atoms with Crippen molar-refractivity contribution in [2.45, 2.75) is 6.61 Å². The fourth-order valence-corrected chi connectivity index (χ4v) is 3.16. The predicted octanol–water partition coefficient (Wildman–Crippen LogP) is 3.09. The standard InChI is InChI=1S/C20H20N4O2/c25-20(26-15-16-6-2-1-3-7-16)24-12-10-23(11-13-24)19-18-9-5-4-8-17(18)14-21-22-19/h1-9,14H,10-13,15H2. The number of hydrogen-bond donors (Lipinski definition) is 0.